The van der Waals surface area contributed by atoms with E-state index in [9.17, 15) is 5.11 Å². The van der Waals surface area contributed by atoms with Gasteiger partial charge in [-0.2, -0.15) is 0 Å². The van der Waals surface area contributed by atoms with Crippen LogP contribution in [0.1, 0.15) is 117 Å². The molecule has 7 atom stereocenters. The Kier molecular flexibility index (Phi) is 7.75. The van der Waals surface area contributed by atoms with Gasteiger partial charge >= 0.3 is 0 Å². The van der Waals surface area contributed by atoms with Crippen LogP contribution in [-0.2, 0) is 9.47 Å². The maximum atomic E-state index is 11.4. The summed E-state index contributed by atoms with van der Waals surface area (Å²) < 4.78 is 12.3. The lowest BCUT2D eigenvalue weighted by molar-refractivity contribution is -0.158. The molecule has 0 bridgehead atoms. The molecule has 1 N–H and O–H groups in total. The summed E-state index contributed by atoms with van der Waals surface area (Å²) in [6.07, 6.45) is 21.1. The van der Waals surface area contributed by atoms with E-state index in [1.54, 1.807) is 5.57 Å². The van der Waals surface area contributed by atoms with Gasteiger partial charge in [0.1, 0.15) is 0 Å². The lowest BCUT2D eigenvalue weighted by Crippen LogP contribution is -2.57. The predicted octanol–water partition coefficient (Wildman–Crippen LogP) is 8.03. The summed E-state index contributed by atoms with van der Waals surface area (Å²) in [5.74, 6) is 3.29. The van der Waals surface area contributed by atoms with Crippen molar-refractivity contribution < 1.29 is 14.6 Å². The van der Waals surface area contributed by atoms with Crippen LogP contribution >= 0.6 is 11.6 Å². The van der Waals surface area contributed by atoms with Crippen LogP contribution < -0.4 is 0 Å². The number of allylic oxidation sites excluding steroid dienone is 1. The van der Waals surface area contributed by atoms with Crippen LogP contribution in [-0.4, -0.2) is 35.6 Å². The van der Waals surface area contributed by atoms with Crippen LogP contribution in [0.3, 0.4) is 0 Å². The minimum absolute atomic E-state index is 0.0833. The van der Waals surface area contributed by atoms with Crippen LogP contribution in [0.4, 0.5) is 0 Å². The zero-order valence-electron chi connectivity index (χ0n) is 22.8. The van der Waals surface area contributed by atoms with Crippen LogP contribution in [0.15, 0.2) is 11.6 Å². The highest BCUT2D eigenvalue weighted by Gasteiger charge is 2.64. The number of hydrogen-bond donors (Lipinski definition) is 1. The summed E-state index contributed by atoms with van der Waals surface area (Å²) in [5, 5.41) is 11.4. The van der Waals surface area contributed by atoms with Crippen LogP contribution in [0, 0.1) is 34.5 Å². The fourth-order valence-corrected chi connectivity index (χ4v) is 9.64. The Hall–Kier alpha value is -0.0900. The van der Waals surface area contributed by atoms with Crippen molar-refractivity contribution in [1.82, 2.24) is 0 Å². The second-order valence-corrected chi connectivity index (χ2v) is 13.9. The molecule has 4 aliphatic carbocycles. The molecule has 4 fully saturated rings. The van der Waals surface area contributed by atoms with Gasteiger partial charge in [0.05, 0.1) is 18.8 Å². The molecule has 1 aliphatic heterocycles. The standard InChI is InChI=1S/C31H51ClO3/c1-28-16-17-31(34-19-20-35-31)22-24(28)21-23(11-9-7-5-4-6-8-10-18-32)27-25(28)12-14-29(2)26(27)13-15-30(29,3)33/h22-23,25-27,33H,4-21H2,1-3H3/t23-,25+,26+,27-,28+,29+,30+/m1/s1. The highest BCUT2D eigenvalue weighted by molar-refractivity contribution is 6.17. The Morgan fingerprint density at radius 3 is 2.23 bits per heavy atom. The monoisotopic (exact) mass is 506 g/mol. The van der Waals surface area contributed by atoms with Gasteiger partial charge in [-0.3, -0.25) is 0 Å². The van der Waals surface area contributed by atoms with Gasteiger partial charge in [-0.15, -0.1) is 11.6 Å². The van der Waals surface area contributed by atoms with Gasteiger partial charge in [0.2, 0.25) is 0 Å². The summed E-state index contributed by atoms with van der Waals surface area (Å²) in [4.78, 5) is 0. The fraction of sp³-hybridized carbons (Fsp3) is 0.935. The van der Waals surface area contributed by atoms with Crippen molar-refractivity contribution in [1.29, 1.82) is 0 Å². The van der Waals surface area contributed by atoms with E-state index in [-0.39, 0.29) is 10.8 Å². The first-order valence-corrected chi connectivity index (χ1v) is 15.6. The smallest absolute Gasteiger partial charge is 0.188 e. The van der Waals surface area contributed by atoms with E-state index in [0.717, 1.165) is 49.7 Å². The quantitative estimate of drug-likeness (QED) is 0.195. The molecule has 1 saturated heterocycles. The van der Waals surface area contributed by atoms with Gasteiger partial charge in [-0.25, -0.2) is 0 Å². The van der Waals surface area contributed by atoms with Crippen molar-refractivity contribution in [2.45, 2.75) is 128 Å². The van der Waals surface area contributed by atoms with E-state index in [0.29, 0.717) is 5.92 Å². The molecular weight excluding hydrogens is 456 g/mol. The summed E-state index contributed by atoms with van der Waals surface area (Å²) in [5.41, 5.74) is 1.50. The Morgan fingerprint density at radius 1 is 0.857 bits per heavy atom. The normalized spacial score (nSPS) is 44.1. The molecule has 35 heavy (non-hydrogen) atoms. The van der Waals surface area contributed by atoms with Crippen molar-refractivity contribution >= 4 is 11.6 Å². The molecule has 0 aromatic carbocycles. The third-order valence-electron chi connectivity index (χ3n) is 11.8. The molecule has 0 radical (unpaired) electrons. The Balaban J connectivity index is 1.34. The van der Waals surface area contributed by atoms with Crippen molar-refractivity contribution in [2.75, 3.05) is 19.1 Å². The van der Waals surface area contributed by atoms with Crippen molar-refractivity contribution in [2.24, 2.45) is 34.5 Å². The number of halogens is 1. The number of fused-ring (bicyclic) bond motifs is 5. The lowest BCUT2D eigenvalue weighted by atomic mass is 9.43. The molecule has 1 spiro atoms. The Labute approximate surface area is 219 Å². The van der Waals surface area contributed by atoms with Gasteiger partial charge in [0.15, 0.2) is 5.79 Å². The third-order valence-corrected chi connectivity index (χ3v) is 12.1. The van der Waals surface area contributed by atoms with Crippen molar-refractivity contribution in [3.8, 4) is 0 Å². The topological polar surface area (TPSA) is 38.7 Å². The third kappa shape index (κ3) is 4.68. The van der Waals surface area contributed by atoms with Gasteiger partial charge in [-0.1, -0.05) is 57.9 Å². The van der Waals surface area contributed by atoms with Crippen LogP contribution in [0.25, 0.3) is 0 Å². The van der Waals surface area contributed by atoms with Crippen LogP contribution in [0.5, 0.6) is 0 Å². The number of ether oxygens (including phenoxy) is 2. The molecule has 0 aromatic rings. The molecule has 4 heteroatoms. The fourth-order valence-electron chi connectivity index (χ4n) is 9.45. The molecule has 3 saturated carbocycles. The SMILES string of the molecule is C[C@]12CCC3(C=C1C[C@@H](CCCCCCCCCCl)[C@@H]1[C@@H]2CC[C@@]2(C)[C@H]1CC[C@]2(C)O)OCCO3. The van der Waals surface area contributed by atoms with E-state index in [1.165, 1.54) is 83.5 Å². The minimum atomic E-state index is -0.505. The number of aliphatic hydroxyl groups is 1. The second-order valence-electron chi connectivity index (χ2n) is 13.6. The predicted molar refractivity (Wildman–Crippen MR) is 143 cm³/mol. The number of hydrogen-bond acceptors (Lipinski definition) is 3. The zero-order chi connectivity index (χ0) is 24.7. The molecule has 5 rings (SSSR count). The number of rotatable bonds is 9. The minimum Gasteiger partial charge on any atom is -0.390 e. The second kappa shape index (κ2) is 10.2. The first kappa shape index (κ1) is 26.5. The summed E-state index contributed by atoms with van der Waals surface area (Å²) in [6, 6.07) is 0. The van der Waals surface area contributed by atoms with Crippen LogP contribution in [0.2, 0.25) is 0 Å². The first-order chi connectivity index (χ1) is 16.7. The summed E-state index contributed by atoms with van der Waals surface area (Å²) in [6.45, 7) is 8.61. The molecule has 1 heterocycles. The number of unbranched alkanes of at least 4 members (excludes halogenated alkanes) is 6. The molecule has 3 nitrogen and oxygen atoms in total. The van der Waals surface area contributed by atoms with Crippen molar-refractivity contribution in [3.05, 3.63) is 11.6 Å². The van der Waals surface area contributed by atoms with Gasteiger partial charge in [-0.05, 0) is 98.9 Å². The van der Waals surface area contributed by atoms with Gasteiger partial charge in [0, 0.05) is 12.3 Å². The number of alkyl halides is 1. The summed E-state index contributed by atoms with van der Waals surface area (Å²) in [7, 11) is 0. The van der Waals surface area contributed by atoms with E-state index in [1.807, 2.05) is 0 Å². The Bertz CT molecular complexity index is 771. The van der Waals surface area contributed by atoms with Crippen molar-refractivity contribution in [3.63, 3.8) is 0 Å². The van der Waals surface area contributed by atoms with E-state index in [4.69, 9.17) is 21.1 Å². The highest BCUT2D eigenvalue weighted by Crippen LogP contribution is 2.69. The molecule has 5 aliphatic rings. The average Bonchev–Trinajstić information content (AvgIpc) is 3.38. The molecular formula is C31H51ClO3. The van der Waals surface area contributed by atoms with E-state index < -0.39 is 11.4 Å². The van der Waals surface area contributed by atoms with Gasteiger partial charge < -0.3 is 14.6 Å². The molecule has 0 amide bonds. The van der Waals surface area contributed by atoms with Gasteiger partial charge in [0.25, 0.3) is 0 Å². The maximum Gasteiger partial charge on any atom is 0.188 e. The molecule has 0 aromatic heterocycles. The highest BCUT2D eigenvalue weighted by atomic mass is 35.5. The largest absolute Gasteiger partial charge is 0.390 e. The Morgan fingerprint density at radius 2 is 1.51 bits per heavy atom. The molecule has 0 unspecified atom stereocenters. The van der Waals surface area contributed by atoms with E-state index >= 15 is 0 Å². The first-order valence-electron chi connectivity index (χ1n) is 15.0. The molecule has 200 valence electrons. The maximum absolute atomic E-state index is 11.4. The summed E-state index contributed by atoms with van der Waals surface area (Å²) >= 11 is 5.83. The lowest BCUT2D eigenvalue weighted by Gasteiger charge is -2.62. The average molecular weight is 507 g/mol. The zero-order valence-corrected chi connectivity index (χ0v) is 23.5. The van der Waals surface area contributed by atoms with E-state index in [2.05, 4.69) is 26.8 Å².